The number of nitrogens with one attached hydrogen (secondary N) is 1. The molecular formula is C19H22N2O3S. The van der Waals surface area contributed by atoms with Crippen LogP contribution in [0.15, 0.2) is 47.1 Å². The highest BCUT2D eigenvalue weighted by molar-refractivity contribution is 8.00. The van der Waals surface area contributed by atoms with E-state index in [9.17, 15) is 9.59 Å². The minimum Gasteiger partial charge on any atom is -0.467 e. The molecule has 0 radical (unpaired) electrons. The Labute approximate surface area is 151 Å². The third-order valence-corrected chi connectivity index (χ3v) is 5.58. The lowest BCUT2D eigenvalue weighted by atomic mass is 10.1. The van der Waals surface area contributed by atoms with Crippen LogP contribution in [0.5, 0.6) is 0 Å². The molecule has 0 unspecified atom stereocenters. The van der Waals surface area contributed by atoms with Crippen molar-refractivity contribution in [1.82, 2.24) is 10.2 Å². The molecule has 132 valence electrons. The Morgan fingerprint density at radius 1 is 1.36 bits per heavy atom. The second-order valence-corrected chi connectivity index (χ2v) is 7.24. The van der Waals surface area contributed by atoms with E-state index < -0.39 is 0 Å². The monoisotopic (exact) mass is 358 g/mol. The van der Waals surface area contributed by atoms with Crippen LogP contribution in [0, 0.1) is 0 Å². The fraction of sp³-hybridized carbons (Fsp3) is 0.368. The van der Waals surface area contributed by atoms with E-state index in [0.717, 1.165) is 17.7 Å². The first-order valence-corrected chi connectivity index (χ1v) is 9.47. The van der Waals surface area contributed by atoms with Gasteiger partial charge >= 0.3 is 0 Å². The Morgan fingerprint density at radius 2 is 2.12 bits per heavy atom. The summed E-state index contributed by atoms with van der Waals surface area (Å²) in [5, 5.41) is 2.91. The van der Waals surface area contributed by atoms with Crippen molar-refractivity contribution in [3.63, 3.8) is 0 Å². The van der Waals surface area contributed by atoms with Gasteiger partial charge in [-0.2, -0.15) is 0 Å². The molecule has 0 saturated carbocycles. The van der Waals surface area contributed by atoms with Gasteiger partial charge in [0.25, 0.3) is 5.91 Å². The first-order valence-electron chi connectivity index (χ1n) is 8.42. The number of benzene rings is 1. The lowest BCUT2D eigenvalue weighted by molar-refractivity contribution is -0.128. The molecule has 3 rings (SSSR count). The molecule has 1 aromatic carbocycles. The van der Waals surface area contributed by atoms with Crippen molar-refractivity contribution in [3.8, 4) is 0 Å². The summed E-state index contributed by atoms with van der Waals surface area (Å²) in [5.41, 5.74) is 1.65. The highest BCUT2D eigenvalue weighted by Gasteiger charge is 2.33. The minimum absolute atomic E-state index is 0.0516. The van der Waals surface area contributed by atoms with Crippen LogP contribution >= 0.6 is 11.8 Å². The summed E-state index contributed by atoms with van der Waals surface area (Å²) in [6, 6.07) is 11.3. The maximum absolute atomic E-state index is 12.2. The number of nitrogens with zero attached hydrogens (tertiary/aromatic N) is 1. The van der Waals surface area contributed by atoms with Crippen LogP contribution in [0.4, 0.5) is 0 Å². The number of carbonyl (C=O) groups excluding carboxylic acids is 2. The molecule has 0 bridgehead atoms. The van der Waals surface area contributed by atoms with Crippen LogP contribution in [0.3, 0.4) is 0 Å². The van der Waals surface area contributed by atoms with Gasteiger partial charge in [0.2, 0.25) is 5.91 Å². The van der Waals surface area contributed by atoms with E-state index in [0.29, 0.717) is 17.9 Å². The number of hydrogen-bond acceptors (Lipinski definition) is 4. The van der Waals surface area contributed by atoms with Gasteiger partial charge in [-0.3, -0.25) is 9.59 Å². The molecule has 1 saturated heterocycles. The van der Waals surface area contributed by atoms with Crippen molar-refractivity contribution >= 4 is 23.6 Å². The number of thioether (sulfide) groups is 1. The molecule has 6 heteroatoms. The van der Waals surface area contributed by atoms with Crippen LogP contribution in [0.1, 0.15) is 47.3 Å². The van der Waals surface area contributed by atoms with Crippen molar-refractivity contribution in [1.29, 1.82) is 0 Å². The smallest absolute Gasteiger partial charge is 0.251 e. The summed E-state index contributed by atoms with van der Waals surface area (Å²) >= 11 is 1.60. The highest BCUT2D eigenvalue weighted by Crippen LogP contribution is 2.39. The molecule has 1 aromatic heterocycles. The van der Waals surface area contributed by atoms with E-state index in [1.165, 1.54) is 0 Å². The number of amides is 2. The SMILES string of the molecule is CC[C@@H](C)NC(=O)c1ccc([C@H]2SCC(=O)N2Cc2ccco2)cc1. The Bertz CT molecular complexity index is 728. The summed E-state index contributed by atoms with van der Waals surface area (Å²) in [7, 11) is 0. The molecule has 2 atom stereocenters. The predicted molar refractivity (Wildman–Crippen MR) is 98.1 cm³/mol. The van der Waals surface area contributed by atoms with Gasteiger partial charge < -0.3 is 14.6 Å². The van der Waals surface area contributed by atoms with Crippen molar-refractivity contribution in [2.24, 2.45) is 0 Å². The average Bonchev–Trinajstić information content (AvgIpc) is 3.26. The number of furan rings is 1. The Hall–Kier alpha value is -2.21. The fourth-order valence-electron chi connectivity index (χ4n) is 2.68. The third kappa shape index (κ3) is 4.07. The van der Waals surface area contributed by atoms with Gasteiger partial charge in [0, 0.05) is 11.6 Å². The van der Waals surface area contributed by atoms with Gasteiger partial charge in [-0.15, -0.1) is 11.8 Å². The van der Waals surface area contributed by atoms with E-state index >= 15 is 0 Å². The lowest BCUT2D eigenvalue weighted by Gasteiger charge is -2.23. The maximum atomic E-state index is 12.2. The standard InChI is InChI=1S/C19H22N2O3S/c1-3-13(2)20-18(23)14-6-8-15(9-7-14)19-21(17(22)12-25-19)11-16-5-4-10-24-16/h4-10,13,19H,3,11-12H2,1-2H3,(H,20,23)/t13-,19-/m1/s1. The van der Waals surface area contributed by atoms with Crippen molar-refractivity contribution in [3.05, 3.63) is 59.5 Å². The number of rotatable bonds is 6. The second-order valence-electron chi connectivity index (χ2n) is 6.17. The van der Waals surface area contributed by atoms with Crippen molar-refractivity contribution in [2.75, 3.05) is 5.75 Å². The van der Waals surface area contributed by atoms with Gasteiger partial charge in [0.05, 0.1) is 18.6 Å². The Balaban J connectivity index is 1.72. The van der Waals surface area contributed by atoms with Crippen molar-refractivity contribution < 1.29 is 14.0 Å². The molecule has 1 fully saturated rings. The maximum Gasteiger partial charge on any atom is 0.251 e. The highest BCUT2D eigenvalue weighted by atomic mass is 32.2. The third-order valence-electron chi connectivity index (χ3n) is 4.32. The predicted octanol–water partition coefficient (Wildman–Crippen LogP) is 3.58. The molecule has 0 spiro atoms. The molecular weight excluding hydrogens is 336 g/mol. The molecule has 5 nitrogen and oxygen atoms in total. The van der Waals surface area contributed by atoms with Crippen LogP contribution in [0.25, 0.3) is 0 Å². The van der Waals surface area contributed by atoms with E-state index in [1.54, 1.807) is 18.0 Å². The molecule has 1 N–H and O–H groups in total. The minimum atomic E-state index is -0.0662. The molecule has 1 aliphatic rings. The van der Waals surface area contributed by atoms with Gasteiger partial charge in [-0.05, 0) is 43.2 Å². The van der Waals surface area contributed by atoms with E-state index in [2.05, 4.69) is 5.32 Å². The van der Waals surface area contributed by atoms with E-state index in [4.69, 9.17) is 4.42 Å². The topological polar surface area (TPSA) is 62.6 Å². The zero-order valence-corrected chi connectivity index (χ0v) is 15.2. The van der Waals surface area contributed by atoms with Gasteiger partial charge in [0.1, 0.15) is 11.1 Å². The molecule has 2 heterocycles. The van der Waals surface area contributed by atoms with Crippen LogP contribution in [0.2, 0.25) is 0 Å². The molecule has 0 aliphatic carbocycles. The zero-order chi connectivity index (χ0) is 17.8. The normalized spacial score (nSPS) is 18.4. The van der Waals surface area contributed by atoms with E-state index in [-0.39, 0.29) is 23.2 Å². The van der Waals surface area contributed by atoms with E-state index in [1.807, 2.05) is 55.1 Å². The summed E-state index contributed by atoms with van der Waals surface area (Å²) < 4.78 is 5.37. The summed E-state index contributed by atoms with van der Waals surface area (Å²) in [6.07, 6.45) is 2.51. The number of carbonyl (C=O) groups is 2. The molecule has 2 amide bonds. The summed E-state index contributed by atoms with van der Waals surface area (Å²) in [4.78, 5) is 26.2. The molecule has 1 aliphatic heterocycles. The van der Waals surface area contributed by atoms with Crippen LogP contribution in [-0.4, -0.2) is 28.5 Å². The average molecular weight is 358 g/mol. The van der Waals surface area contributed by atoms with Gasteiger partial charge in [-0.1, -0.05) is 19.1 Å². The molecule has 25 heavy (non-hydrogen) atoms. The van der Waals surface area contributed by atoms with Gasteiger partial charge in [-0.25, -0.2) is 0 Å². The Kier molecular flexibility index (Phi) is 5.48. The zero-order valence-electron chi connectivity index (χ0n) is 14.4. The van der Waals surface area contributed by atoms with Crippen LogP contribution in [-0.2, 0) is 11.3 Å². The fourth-order valence-corrected chi connectivity index (χ4v) is 3.87. The lowest BCUT2D eigenvalue weighted by Crippen LogP contribution is -2.32. The second kappa shape index (κ2) is 7.78. The number of hydrogen-bond donors (Lipinski definition) is 1. The first-order chi connectivity index (χ1) is 12.1. The van der Waals surface area contributed by atoms with Crippen LogP contribution < -0.4 is 5.32 Å². The largest absolute Gasteiger partial charge is 0.467 e. The Morgan fingerprint density at radius 3 is 2.76 bits per heavy atom. The summed E-state index contributed by atoms with van der Waals surface area (Å²) in [5.74, 6) is 1.26. The van der Waals surface area contributed by atoms with Gasteiger partial charge in [0.15, 0.2) is 0 Å². The molecule has 2 aromatic rings. The quantitative estimate of drug-likeness (QED) is 0.857. The first kappa shape index (κ1) is 17.6. The van der Waals surface area contributed by atoms with Crippen molar-refractivity contribution in [2.45, 2.75) is 38.2 Å². The summed E-state index contributed by atoms with van der Waals surface area (Å²) in [6.45, 7) is 4.48.